The molecule has 0 bridgehead atoms. The molecule has 0 aromatic rings. The average molecular weight is 230 g/mol. The minimum Gasteiger partial charge on any atom is -0.468 e. The van der Waals surface area contributed by atoms with Crippen LogP contribution in [0.5, 0.6) is 0 Å². The van der Waals surface area contributed by atoms with Gasteiger partial charge in [0.05, 0.1) is 19.1 Å². The molecule has 1 aliphatic rings. The van der Waals surface area contributed by atoms with Gasteiger partial charge in [0.15, 0.2) is 0 Å². The summed E-state index contributed by atoms with van der Waals surface area (Å²) in [5, 5.41) is 2.46. The summed E-state index contributed by atoms with van der Waals surface area (Å²) in [6.45, 7) is 2.24. The SMILES string of the molecule is COC(=O)[C@H]1NCC(F)(F)C1(C)C.Cl. The smallest absolute Gasteiger partial charge is 0.323 e. The predicted molar refractivity (Wildman–Crippen MR) is 49.8 cm³/mol. The van der Waals surface area contributed by atoms with Gasteiger partial charge in [-0.05, 0) is 0 Å². The average Bonchev–Trinajstić information content (AvgIpc) is 2.22. The van der Waals surface area contributed by atoms with Crippen molar-refractivity contribution < 1.29 is 18.3 Å². The van der Waals surface area contributed by atoms with Crippen molar-refractivity contribution in [1.29, 1.82) is 0 Å². The standard InChI is InChI=1S/C8H13F2NO2.ClH/c1-7(2)5(6(12)13-3)11-4-8(7,9)10;/h5,11H,4H2,1-3H3;1H/t5-;/m1./s1. The van der Waals surface area contributed by atoms with Gasteiger partial charge in [0.25, 0.3) is 5.92 Å². The Morgan fingerprint density at radius 1 is 1.50 bits per heavy atom. The summed E-state index contributed by atoms with van der Waals surface area (Å²) in [6, 6.07) is -0.924. The van der Waals surface area contributed by atoms with Gasteiger partial charge in [-0.15, -0.1) is 12.4 Å². The lowest BCUT2D eigenvalue weighted by molar-refractivity contribution is -0.150. The maximum absolute atomic E-state index is 13.2. The monoisotopic (exact) mass is 229 g/mol. The molecular formula is C8H14ClF2NO2. The molecule has 1 fully saturated rings. The third-order valence-corrected chi connectivity index (χ3v) is 2.63. The lowest BCUT2D eigenvalue weighted by atomic mass is 9.82. The first-order valence-corrected chi connectivity index (χ1v) is 4.02. The van der Waals surface area contributed by atoms with E-state index >= 15 is 0 Å². The first-order chi connectivity index (χ1) is 5.83. The van der Waals surface area contributed by atoms with E-state index < -0.39 is 29.9 Å². The maximum atomic E-state index is 13.2. The van der Waals surface area contributed by atoms with Crippen LogP contribution in [0.1, 0.15) is 13.8 Å². The summed E-state index contributed by atoms with van der Waals surface area (Å²) in [7, 11) is 1.19. The zero-order chi connectivity index (χ0) is 10.3. The summed E-state index contributed by atoms with van der Waals surface area (Å²) < 4.78 is 30.8. The first-order valence-electron chi connectivity index (χ1n) is 4.02. The second kappa shape index (κ2) is 3.98. The van der Waals surface area contributed by atoms with E-state index in [4.69, 9.17) is 0 Å². The number of hydrogen-bond donors (Lipinski definition) is 1. The molecule has 0 radical (unpaired) electrons. The first kappa shape index (κ1) is 13.6. The van der Waals surface area contributed by atoms with Crippen molar-refractivity contribution in [1.82, 2.24) is 5.32 Å². The van der Waals surface area contributed by atoms with Crippen LogP contribution in [0.2, 0.25) is 0 Å². The summed E-state index contributed by atoms with van der Waals surface area (Å²) in [6.07, 6.45) is 0. The predicted octanol–water partition coefficient (Wildman–Crippen LogP) is 1.21. The number of carbonyl (C=O) groups is 1. The van der Waals surface area contributed by atoms with E-state index in [1.807, 2.05) is 0 Å². The molecule has 84 valence electrons. The molecule has 0 aliphatic carbocycles. The number of ether oxygens (including phenoxy) is 1. The summed E-state index contributed by atoms with van der Waals surface area (Å²) in [4.78, 5) is 11.1. The van der Waals surface area contributed by atoms with E-state index in [0.717, 1.165) is 0 Å². The largest absolute Gasteiger partial charge is 0.468 e. The highest BCUT2D eigenvalue weighted by atomic mass is 35.5. The molecule has 0 spiro atoms. The molecule has 0 saturated carbocycles. The Bertz CT molecular complexity index is 233. The molecule has 1 rings (SSSR count). The van der Waals surface area contributed by atoms with Gasteiger partial charge in [0.1, 0.15) is 6.04 Å². The summed E-state index contributed by atoms with van der Waals surface area (Å²) in [5.74, 6) is -3.51. The van der Waals surface area contributed by atoms with Gasteiger partial charge in [-0.25, -0.2) is 8.78 Å². The Morgan fingerprint density at radius 2 is 2.00 bits per heavy atom. The number of esters is 1. The highest BCUT2D eigenvalue weighted by Gasteiger charge is 2.59. The van der Waals surface area contributed by atoms with Crippen LogP contribution in [-0.4, -0.2) is 31.6 Å². The second-order valence-electron chi connectivity index (χ2n) is 3.76. The number of halogens is 3. The van der Waals surface area contributed by atoms with Crippen LogP contribution >= 0.6 is 12.4 Å². The van der Waals surface area contributed by atoms with Crippen LogP contribution in [-0.2, 0) is 9.53 Å². The molecule has 0 amide bonds. The molecule has 1 aliphatic heterocycles. The number of nitrogens with one attached hydrogen (secondary N) is 1. The number of rotatable bonds is 1. The van der Waals surface area contributed by atoms with E-state index in [2.05, 4.69) is 10.1 Å². The second-order valence-corrected chi connectivity index (χ2v) is 3.76. The van der Waals surface area contributed by atoms with Crippen molar-refractivity contribution in [2.75, 3.05) is 13.7 Å². The molecule has 14 heavy (non-hydrogen) atoms. The molecule has 1 heterocycles. The van der Waals surface area contributed by atoms with Gasteiger partial charge in [0.2, 0.25) is 0 Å². The van der Waals surface area contributed by atoms with Gasteiger partial charge >= 0.3 is 5.97 Å². The molecule has 1 atom stereocenters. The van der Waals surface area contributed by atoms with Crippen LogP contribution in [0.25, 0.3) is 0 Å². The summed E-state index contributed by atoms with van der Waals surface area (Å²) in [5.41, 5.74) is -1.39. The molecule has 3 nitrogen and oxygen atoms in total. The van der Waals surface area contributed by atoms with E-state index in [9.17, 15) is 13.6 Å². The van der Waals surface area contributed by atoms with Crippen LogP contribution in [0, 0.1) is 5.41 Å². The fourth-order valence-electron chi connectivity index (χ4n) is 1.42. The van der Waals surface area contributed by atoms with Gasteiger partial charge in [0, 0.05) is 0 Å². The Labute approximate surface area is 87.6 Å². The molecule has 0 aromatic heterocycles. The van der Waals surface area contributed by atoms with E-state index in [0.29, 0.717) is 0 Å². The Morgan fingerprint density at radius 3 is 2.29 bits per heavy atom. The van der Waals surface area contributed by atoms with Gasteiger partial charge in [-0.2, -0.15) is 0 Å². The van der Waals surface area contributed by atoms with Gasteiger partial charge in [-0.1, -0.05) is 13.8 Å². The van der Waals surface area contributed by atoms with Gasteiger partial charge in [-0.3, -0.25) is 10.1 Å². The van der Waals surface area contributed by atoms with Crippen LogP contribution < -0.4 is 5.32 Å². The summed E-state index contributed by atoms with van der Waals surface area (Å²) >= 11 is 0. The quantitative estimate of drug-likeness (QED) is 0.687. The lowest BCUT2D eigenvalue weighted by Crippen LogP contribution is -2.45. The van der Waals surface area contributed by atoms with Crippen molar-refractivity contribution in [3.05, 3.63) is 0 Å². The van der Waals surface area contributed by atoms with Crippen LogP contribution in [0.3, 0.4) is 0 Å². The van der Waals surface area contributed by atoms with E-state index in [1.54, 1.807) is 0 Å². The zero-order valence-corrected chi connectivity index (χ0v) is 9.08. The van der Waals surface area contributed by atoms with Crippen LogP contribution in [0.4, 0.5) is 8.78 Å². The van der Waals surface area contributed by atoms with Crippen molar-refractivity contribution in [3.63, 3.8) is 0 Å². The van der Waals surface area contributed by atoms with Crippen molar-refractivity contribution >= 4 is 18.4 Å². The molecule has 0 unspecified atom stereocenters. The molecule has 1 N–H and O–H groups in total. The van der Waals surface area contributed by atoms with Gasteiger partial charge < -0.3 is 4.74 Å². The molecule has 6 heteroatoms. The van der Waals surface area contributed by atoms with Crippen LogP contribution in [0.15, 0.2) is 0 Å². The van der Waals surface area contributed by atoms with E-state index in [-0.39, 0.29) is 12.4 Å². The Hall–Kier alpha value is -0.420. The number of hydrogen-bond acceptors (Lipinski definition) is 3. The number of carbonyl (C=O) groups excluding carboxylic acids is 1. The van der Waals surface area contributed by atoms with Crippen molar-refractivity contribution in [3.8, 4) is 0 Å². The lowest BCUT2D eigenvalue weighted by Gasteiger charge is -2.29. The highest BCUT2D eigenvalue weighted by Crippen LogP contribution is 2.43. The van der Waals surface area contributed by atoms with E-state index in [1.165, 1.54) is 21.0 Å². The fourth-order valence-corrected chi connectivity index (χ4v) is 1.42. The topological polar surface area (TPSA) is 38.3 Å². The normalized spacial score (nSPS) is 27.9. The third kappa shape index (κ3) is 1.83. The molecular weight excluding hydrogens is 216 g/mol. The molecule has 1 saturated heterocycles. The van der Waals surface area contributed by atoms with Crippen molar-refractivity contribution in [2.45, 2.75) is 25.8 Å². The minimum absolute atomic E-state index is 0. The third-order valence-electron chi connectivity index (χ3n) is 2.63. The zero-order valence-electron chi connectivity index (χ0n) is 8.27. The number of methoxy groups -OCH3 is 1. The minimum atomic E-state index is -2.87. The molecule has 0 aromatic carbocycles. The Balaban J connectivity index is 0.00000169. The number of alkyl halides is 2. The highest BCUT2D eigenvalue weighted by molar-refractivity contribution is 5.85. The fraction of sp³-hybridized carbons (Fsp3) is 0.875. The maximum Gasteiger partial charge on any atom is 0.323 e. The Kier molecular flexibility index (Phi) is 3.86. The van der Waals surface area contributed by atoms with Crippen molar-refractivity contribution in [2.24, 2.45) is 5.41 Å².